The minimum absolute atomic E-state index is 0.0644. The summed E-state index contributed by atoms with van der Waals surface area (Å²) < 4.78 is 12.7. The topological polar surface area (TPSA) is 43.1 Å². The van der Waals surface area contributed by atoms with Crippen LogP contribution in [0.5, 0.6) is 0 Å². The van der Waals surface area contributed by atoms with Crippen molar-refractivity contribution in [2.24, 2.45) is 5.73 Å². The Hall–Kier alpha value is 0.290. The molecule has 0 saturated heterocycles. The van der Waals surface area contributed by atoms with Crippen molar-refractivity contribution in [3.8, 4) is 0 Å². The van der Waals surface area contributed by atoms with Gasteiger partial charge in [0.25, 0.3) is 0 Å². The van der Waals surface area contributed by atoms with Crippen LogP contribution in [0.25, 0.3) is 0 Å². The van der Waals surface area contributed by atoms with Crippen molar-refractivity contribution in [1.29, 1.82) is 0 Å². The fourth-order valence-electron chi connectivity index (χ4n) is 0.990. The smallest absolute Gasteiger partial charge is 0.0591 e. The molecule has 80 valence electrons. The molecule has 2 N–H and O–H groups in total. The molecular weight excluding hydrogens is 282 g/mol. The number of rotatable bonds is 5. The molecule has 0 aliphatic heterocycles. The summed E-state index contributed by atoms with van der Waals surface area (Å²) in [5.41, 5.74) is 5.74. The average molecular weight is 296 g/mol. The van der Waals surface area contributed by atoms with Crippen LogP contribution in [0.15, 0.2) is 15.9 Å². The molecule has 1 rings (SSSR count). The highest BCUT2D eigenvalue weighted by atomic mass is 79.9. The molecule has 1 aromatic rings. The molecule has 0 aliphatic rings. The van der Waals surface area contributed by atoms with Gasteiger partial charge >= 0.3 is 0 Å². The molecule has 2 nitrogen and oxygen atoms in total. The number of hydrogen-bond acceptors (Lipinski definition) is 3. The summed E-state index contributed by atoms with van der Waals surface area (Å²) in [5, 5.41) is 2.00. The molecule has 2 atom stereocenters. The minimum atomic E-state index is -0.834. The van der Waals surface area contributed by atoms with Gasteiger partial charge in [0.2, 0.25) is 0 Å². The second kappa shape index (κ2) is 6.00. The van der Waals surface area contributed by atoms with Crippen molar-refractivity contribution in [2.75, 3.05) is 5.75 Å². The zero-order chi connectivity index (χ0) is 10.6. The quantitative estimate of drug-likeness (QED) is 0.907. The lowest BCUT2D eigenvalue weighted by Crippen LogP contribution is -2.26. The second-order valence-electron chi connectivity index (χ2n) is 3.11. The molecule has 0 amide bonds. The van der Waals surface area contributed by atoms with Crippen LogP contribution in [0.3, 0.4) is 0 Å². The number of thiophene rings is 1. The monoisotopic (exact) mass is 295 g/mol. The van der Waals surface area contributed by atoms with Crippen molar-refractivity contribution in [1.82, 2.24) is 0 Å². The van der Waals surface area contributed by atoms with Gasteiger partial charge in [-0.25, -0.2) is 0 Å². The summed E-state index contributed by atoms with van der Waals surface area (Å²) in [5.74, 6) is 1.22. The van der Waals surface area contributed by atoms with E-state index in [9.17, 15) is 4.21 Å². The fourth-order valence-corrected chi connectivity index (χ4v) is 4.40. The molecule has 0 bridgehead atoms. The van der Waals surface area contributed by atoms with Crippen molar-refractivity contribution in [3.05, 3.63) is 20.8 Å². The normalized spacial score (nSPS) is 15.4. The van der Waals surface area contributed by atoms with Crippen LogP contribution < -0.4 is 5.73 Å². The van der Waals surface area contributed by atoms with Crippen LogP contribution in [0.4, 0.5) is 0 Å². The van der Waals surface area contributed by atoms with Gasteiger partial charge in [0, 0.05) is 31.9 Å². The molecule has 14 heavy (non-hydrogen) atoms. The van der Waals surface area contributed by atoms with Gasteiger partial charge in [0.05, 0.1) is 5.75 Å². The Morgan fingerprint density at radius 3 is 2.93 bits per heavy atom. The Morgan fingerprint density at radius 2 is 2.43 bits per heavy atom. The Bertz CT molecular complexity index is 314. The first-order valence-electron chi connectivity index (χ1n) is 4.46. The maximum atomic E-state index is 11.6. The zero-order valence-corrected chi connectivity index (χ0v) is 11.3. The first kappa shape index (κ1) is 12.4. The van der Waals surface area contributed by atoms with Gasteiger partial charge in [-0.1, -0.05) is 6.92 Å². The lowest BCUT2D eigenvalue weighted by molar-refractivity contribution is 0.663. The third kappa shape index (κ3) is 3.81. The number of hydrogen-bond donors (Lipinski definition) is 1. The van der Waals surface area contributed by atoms with Gasteiger partial charge < -0.3 is 5.73 Å². The van der Waals surface area contributed by atoms with E-state index in [4.69, 9.17) is 5.73 Å². The zero-order valence-electron chi connectivity index (χ0n) is 8.03. The molecule has 0 spiro atoms. The van der Waals surface area contributed by atoms with Crippen molar-refractivity contribution in [2.45, 2.75) is 25.1 Å². The van der Waals surface area contributed by atoms with Gasteiger partial charge in [-0.05, 0) is 33.8 Å². The number of halogens is 1. The molecule has 0 aromatic carbocycles. The standard InChI is InChI=1S/C9H14BrNOS2/c1-2-7(11)5-14(12)6-9-8(10)3-4-13-9/h3-4,7H,2,5-6,11H2,1H3. The molecule has 0 fully saturated rings. The molecule has 0 aliphatic carbocycles. The molecule has 1 heterocycles. The lowest BCUT2D eigenvalue weighted by Gasteiger charge is -2.07. The SMILES string of the molecule is CCC(N)CS(=O)Cc1sccc1Br. The Kier molecular flexibility index (Phi) is 5.30. The van der Waals surface area contributed by atoms with Gasteiger partial charge in [-0.2, -0.15) is 0 Å². The van der Waals surface area contributed by atoms with Crippen molar-refractivity contribution >= 4 is 38.1 Å². The van der Waals surface area contributed by atoms with Crippen LogP contribution in [-0.2, 0) is 16.6 Å². The number of nitrogens with two attached hydrogens (primary N) is 1. The predicted molar refractivity (Wildman–Crippen MR) is 67.0 cm³/mol. The van der Waals surface area contributed by atoms with E-state index in [1.54, 1.807) is 11.3 Å². The third-order valence-corrected chi connectivity index (χ3v) is 5.43. The first-order chi connectivity index (χ1) is 6.63. The van der Waals surface area contributed by atoms with E-state index in [-0.39, 0.29) is 6.04 Å². The summed E-state index contributed by atoms with van der Waals surface area (Å²) in [6.45, 7) is 2.02. The molecule has 1 aromatic heterocycles. The van der Waals surface area contributed by atoms with Crippen LogP contribution >= 0.6 is 27.3 Å². The predicted octanol–water partition coefficient (Wildman–Crippen LogP) is 2.50. The maximum Gasteiger partial charge on any atom is 0.0591 e. The summed E-state index contributed by atoms with van der Waals surface area (Å²) in [4.78, 5) is 1.15. The highest BCUT2D eigenvalue weighted by Crippen LogP contribution is 2.24. The van der Waals surface area contributed by atoms with E-state index >= 15 is 0 Å². The Labute approximate surface area is 99.5 Å². The van der Waals surface area contributed by atoms with Gasteiger partial charge in [0.1, 0.15) is 0 Å². The summed E-state index contributed by atoms with van der Waals surface area (Å²) in [6.07, 6.45) is 0.886. The summed E-state index contributed by atoms with van der Waals surface area (Å²) in [6, 6.07) is 2.05. The van der Waals surface area contributed by atoms with E-state index in [2.05, 4.69) is 15.9 Å². The second-order valence-corrected chi connectivity index (χ2v) is 6.47. The molecule has 0 saturated carbocycles. The van der Waals surface area contributed by atoms with Crippen molar-refractivity contribution < 1.29 is 4.21 Å². The Balaban J connectivity index is 2.45. The van der Waals surface area contributed by atoms with Crippen molar-refractivity contribution in [3.63, 3.8) is 0 Å². The molecular formula is C9H14BrNOS2. The van der Waals surface area contributed by atoms with E-state index in [0.717, 1.165) is 15.8 Å². The minimum Gasteiger partial charge on any atom is -0.327 e. The average Bonchev–Trinajstić information content (AvgIpc) is 2.51. The highest BCUT2D eigenvalue weighted by Gasteiger charge is 2.09. The largest absolute Gasteiger partial charge is 0.327 e. The fraction of sp³-hybridized carbons (Fsp3) is 0.556. The summed E-state index contributed by atoms with van der Waals surface area (Å²) >= 11 is 5.05. The molecule has 5 heteroatoms. The highest BCUT2D eigenvalue weighted by molar-refractivity contribution is 9.10. The summed E-state index contributed by atoms with van der Waals surface area (Å²) in [7, 11) is -0.834. The van der Waals surface area contributed by atoms with E-state index in [0.29, 0.717) is 11.5 Å². The maximum absolute atomic E-state index is 11.6. The van der Waals surface area contributed by atoms with E-state index in [1.165, 1.54) is 0 Å². The van der Waals surface area contributed by atoms with Gasteiger partial charge in [0.15, 0.2) is 0 Å². The van der Waals surface area contributed by atoms with Crippen LogP contribution in [0.1, 0.15) is 18.2 Å². The van der Waals surface area contributed by atoms with Gasteiger partial charge in [-0.3, -0.25) is 4.21 Å². The van der Waals surface area contributed by atoms with Crippen LogP contribution in [0, 0.1) is 0 Å². The van der Waals surface area contributed by atoms with E-state index < -0.39 is 10.8 Å². The lowest BCUT2D eigenvalue weighted by atomic mass is 10.3. The third-order valence-electron chi connectivity index (χ3n) is 1.91. The van der Waals surface area contributed by atoms with Crippen LogP contribution in [-0.4, -0.2) is 16.0 Å². The van der Waals surface area contributed by atoms with E-state index in [1.807, 2.05) is 18.4 Å². The molecule has 0 radical (unpaired) electrons. The van der Waals surface area contributed by atoms with Gasteiger partial charge in [-0.15, -0.1) is 11.3 Å². The van der Waals surface area contributed by atoms with Crippen LogP contribution in [0.2, 0.25) is 0 Å². The first-order valence-corrected chi connectivity index (χ1v) is 7.62. The molecule has 2 unspecified atom stereocenters. The Morgan fingerprint density at radius 1 is 1.71 bits per heavy atom.